The molecule has 4 nitrogen and oxygen atoms in total. The van der Waals surface area contributed by atoms with Gasteiger partial charge in [-0.1, -0.05) is 45.4 Å². The summed E-state index contributed by atoms with van der Waals surface area (Å²) in [4.78, 5) is 0.205. The molecule has 0 aliphatic rings. The standard InChI is InChI=1S/C15H25ClN2O2S/c1-5-8-17-10-12-6-7-13(9-14(12)16)21(19,20)18-11-15(2,3)4/h6-7,9,17-18H,5,8,10-11H2,1-4H3. The molecule has 0 aliphatic heterocycles. The first-order valence-corrected chi connectivity index (χ1v) is 9.00. The minimum Gasteiger partial charge on any atom is -0.313 e. The van der Waals surface area contributed by atoms with Crippen molar-refractivity contribution in [1.82, 2.24) is 10.0 Å². The molecule has 0 amide bonds. The SMILES string of the molecule is CCCNCc1ccc(S(=O)(=O)NCC(C)(C)C)cc1Cl. The van der Waals surface area contributed by atoms with Crippen molar-refractivity contribution < 1.29 is 8.42 Å². The van der Waals surface area contributed by atoms with Crippen LogP contribution in [-0.2, 0) is 16.6 Å². The lowest BCUT2D eigenvalue weighted by Crippen LogP contribution is -2.32. The third-order valence-corrected chi connectivity index (χ3v) is 4.62. The van der Waals surface area contributed by atoms with Crippen LogP contribution in [0.5, 0.6) is 0 Å². The Morgan fingerprint density at radius 3 is 2.43 bits per heavy atom. The first-order chi connectivity index (χ1) is 9.65. The van der Waals surface area contributed by atoms with Gasteiger partial charge in [-0.25, -0.2) is 13.1 Å². The smallest absolute Gasteiger partial charge is 0.240 e. The Bertz CT molecular complexity index is 566. The summed E-state index contributed by atoms with van der Waals surface area (Å²) >= 11 is 6.17. The molecule has 0 saturated carbocycles. The number of rotatable bonds is 7. The molecule has 2 N–H and O–H groups in total. The number of sulfonamides is 1. The van der Waals surface area contributed by atoms with E-state index in [0.717, 1.165) is 18.5 Å². The van der Waals surface area contributed by atoms with E-state index in [4.69, 9.17) is 11.6 Å². The van der Waals surface area contributed by atoms with Crippen molar-refractivity contribution in [2.75, 3.05) is 13.1 Å². The topological polar surface area (TPSA) is 58.2 Å². The second-order valence-corrected chi connectivity index (χ2v) is 8.49. The molecule has 0 saturated heterocycles. The highest BCUT2D eigenvalue weighted by Crippen LogP contribution is 2.21. The normalized spacial score (nSPS) is 12.6. The van der Waals surface area contributed by atoms with Crippen LogP contribution in [0.2, 0.25) is 5.02 Å². The molecule has 0 aliphatic carbocycles. The lowest BCUT2D eigenvalue weighted by Gasteiger charge is -2.19. The van der Waals surface area contributed by atoms with Gasteiger partial charge in [0.05, 0.1) is 4.90 Å². The molecule has 0 fully saturated rings. The molecule has 21 heavy (non-hydrogen) atoms. The zero-order valence-corrected chi connectivity index (χ0v) is 14.7. The minimum atomic E-state index is -3.51. The number of hydrogen-bond acceptors (Lipinski definition) is 3. The molecule has 0 spiro atoms. The Labute approximate surface area is 133 Å². The van der Waals surface area contributed by atoms with Gasteiger partial charge in [0.15, 0.2) is 0 Å². The first-order valence-electron chi connectivity index (χ1n) is 7.14. The molecule has 0 atom stereocenters. The summed E-state index contributed by atoms with van der Waals surface area (Å²) in [6, 6.07) is 4.87. The molecule has 1 aromatic rings. The predicted molar refractivity (Wildman–Crippen MR) is 88.1 cm³/mol. The van der Waals surface area contributed by atoms with E-state index in [1.54, 1.807) is 12.1 Å². The molecule has 1 aromatic carbocycles. The Balaban J connectivity index is 2.82. The van der Waals surface area contributed by atoms with Crippen LogP contribution in [0.25, 0.3) is 0 Å². The summed E-state index contributed by atoms with van der Waals surface area (Å²) in [7, 11) is -3.51. The Morgan fingerprint density at radius 2 is 1.90 bits per heavy atom. The monoisotopic (exact) mass is 332 g/mol. The van der Waals surface area contributed by atoms with Crippen LogP contribution in [0.3, 0.4) is 0 Å². The van der Waals surface area contributed by atoms with Gasteiger partial charge < -0.3 is 5.32 Å². The molecule has 6 heteroatoms. The van der Waals surface area contributed by atoms with Crippen molar-refractivity contribution in [3.63, 3.8) is 0 Å². The Morgan fingerprint density at radius 1 is 1.24 bits per heavy atom. The van der Waals surface area contributed by atoms with Crippen molar-refractivity contribution in [3.8, 4) is 0 Å². The number of halogens is 1. The summed E-state index contributed by atoms with van der Waals surface area (Å²) in [5, 5.41) is 3.72. The van der Waals surface area contributed by atoms with Gasteiger partial charge in [0.25, 0.3) is 0 Å². The highest BCUT2D eigenvalue weighted by Gasteiger charge is 2.19. The zero-order chi connectivity index (χ0) is 16.1. The second kappa shape index (κ2) is 7.58. The number of benzene rings is 1. The lowest BCUT2D eigenvalue weighted by atomic mass is 9.98. The number of nitrogens with one attached hydrogen (secondary N) is 2. The highest BCUT2D eigenvalue weighted by atomic mass is 35.5. The van der Waals surface area contributed by atoms with E-state index in [1.807, 2.05) is 20.8 Å². The largest absolute Gasteiger partial charge is 0.313 e. The van der Waals surface area contributed by atoms with E-state index in [1.165, 1.54) is 6.07 Å². The van der Waals surface area contributed by atoms with Crippen molar-refractivity contribution in [2.45, 2.75) is 45.6 Å². The van der Waals surface area contributed by atoms with E-state index in [9.17, 15) is 8.42 Å². The Hall–Kier alpha value is -0.620. The molecular weight excluding hydrogens is 308 g/mol. The fraction of sp³-hybridized carbons (Fsp3) is 0.600. The van der Waals surface area contributed by atoms with E-state index in [2.05, 4.69) is 17.0 Å². The van der Waals surface area contributed by atoms with Gasteiger partial charge in [-0.15, -0.1) is 0 Å². The molecule has 0 radical (unpaired) electrons. The minimum absolute atomic E-state index is 0.110. The average Bonchev–Trinajstić information content (AvgIpc) is 2.38. The van der Waals surface area contributed by atoms with E-state index in [-0.39, 0.29) is 10.3 Å². The maximum absolute atomic E-state index is 12.2. The van der Waals surface area contributed by atoms with E-state index in [0.29, 0.717) is 18.1 Å². The van der Waals surface area contributed by atoms with Gasteiger partial charge >= 0.3 is 0 Å². The fourth-order valence-electron chi connectivity index (χ4n) is 1.63. The molecule has 0 unspecified atom stereocenters. The molecule has 0 heterocycles. The number of hydrogen-bond donors (Lipinski definition) is 2. The van der Waals surface area contributed by atoms with Crippen LogP contribution in [0.4, 0.5) is 0 Å². The van der Waals surface area contributed by atoms with Crippen LogP contribution in [0.15, 0.2) is 23.1 Å². The van der Waals surface area contributed by atoms with Gasteiger partial charge in [0, 0.05) is 18.1 Å². The fourth-order valence-corrected chi connectivity index (χ4v) is 3.26. The summed E-state index contributed by atoms with van der Waals surface area (Å²) in [5.74, 6) is 0. The molecule has 120 valence electrons. The van der Waals surface area contributed by atoms with Gasteiger partial charge in [-0.3, -0.25) is 0 Å². The lowest BCUT2D eigenvalue weighted by molar-refractivity contribution is 0.407. The molecule has 0 bridgehead atoms. The Kier molecular flexibility index (Phi) is 6.66. The summed E-state index contributed by atoms with van der Waals surface area (Å²) in [6.07, 6.45) is 1.04. The maximum atomic E-state index is 12.2. The van der Waals surface area contributed by atoms with Gasteiger partial charge in [0.1, 0.15) is 0 Å². The first kappa shape index (κ1) is 18.4. The summed E-state index contributed by atoms with van der Waals surface area (Å²) in [6.45, 7) is 9.95. The third-order valence-electron chi connectivity index (χ3n) is 2.87. The van der Waals surface area contributed by atoms with Crippen LogP contribution in [-0.4, -0.2) is 21.5 Å². The van der Waals surface area contributed by atoms with Gasteiger partial charge in [-0.05, 0) is 36.1 Å². The summed E-state index contributed by atoms with van der Waals surface area (Å²) in [5.41, 5.74) is 0.792. The van der Waals surface area contributed by atoms with Crippen molar-refractivity contribution in [1.29, 1.82) is 0 Å². The van der Waals surface area contributed by atoms with E-state index < -0.39 is 10.0 Å². The van der Waals surface area contributed by atoms with Gasteiger partial charge in [0.2, 0.25) is 10.0 Å². The quantitative estimate of drug-likeness (QED) is 0.754. The van der Waals surface area contributed by atoms with Crippen molar-refractivity contribution in [3.05, 3.63) is 28.8 Å². The predicted octanol–water partition coefficient (Wildman–Crippen LogP) is 3.16. The van der Waals surface area contributed by atoms with Crippen LogP contribution < -0.4 is 10.0 Å². The van der Waals surface area contributed by atoms with Gasteiger partial charge in [-0.2, -0.15) is 0 Å². The summed E-state index contributed by atoms with van der Waals surface area (Å²) < 4.78 is 27.0. The van der Waals surface area contributed by atoms with Crippen molar-refractivity contribution in [2.24, 2.45) is 5.41 Å². The van der Waals surface area contributed by atoms with Crippen LogP contribution >= 0.6 is 11.6 Å². The zero-order valence-electron chi connectivity index (χ0n) is 13.2. The second-order valence-electron chi connectivity index (χ2n) is 6.32. The maximum Gasteiger partial charge on any atom is 0.240 e. The van der Waals surface area contributed by atoms with Crippen LogP contribution in [0, 0.1) is 5.41 Å². The van der Waals surface area contributed by atoms with Crippen molar-refractivity contribution >= 4 is 21.6 Å². The van der Waals surface area contributed by atoms with E-state index >= 15 is 0 Å². The molecular formula is C15H25ClN2O2S. The highest BCUT2D eigenvalue weighted by molar-refractivity contribution is 7.89. The molecule has 1 rings (SSSR count). The van der Waals surface area contributed by atoms with Crippen LogP contribution in [0.1, 0.15) is 39.7 Å². The average molecular weight is 333 g/mol. The third kappa shape index (κ3) is 6.34. The molecule has 0 aromatic heterocycles.